The van der Waals surface area contributed by atoms with Gasteiger partial charge in [-0.2, -0.15) is 0 Å². The summed E-state index contributed by atoms with van der Waals surface area (Å²) in [5.74, 6) is -0.407. The van der Waals surface area contributed by atoms with Gasteiger partial charge in [-0.3, -0.25) is 10.1 Å². The molecule has 4 rings (SSSR count). The Balaban J connectivity index is 1.47. The summed E-state index contributed by atoms with van der Waals surface area (Å²) in [6.45, 7) is 6.35. The molecule has 0 atom stereocenters. The van der Waals surface area contributed by atoms with Gasteiger partial charge in [0.2, 0.25) is 0 Å². The van der Waals surface area contributed by atoms with Crippen molar-refractivity contribution in [2.75, 3.05) is 18.4 Å². The highest BCUT2D eigenvalue weighted by molar-refractivity contribution is 6.06. The molecule has 2 N–H and O–H groups in total. The molecule has 8 nitrogen and oxygen atoms in total. The van der Waals surface area contributed by atoms with Crippen molar-refractivity contribution in [3.05, 3.63) is 76.5 Å². The van der Waals surface area contributed by atoms with Gasteiger partial charge < -0.3 is 19.7 Å². The highest BCUT2D eigenvalue weighted by Crippen LogP contribution is 2.26. The number of alkyl carbamates (subject to hydrolysis) is 1. The number of hydrogen-bond acceptors (Lipinski definition) is 5. The SMILES string of the molecule is CC(C)(C)OC(=O)N1CCC(=C(NC(=O)OCc2ccccc2)C(=O)Nc2ccc3c(c2)CCC3)CC1. The minimum absolute atomic E-state index is 0.0914. The topological polar surface area (TPSA) is 97.0 Å². The summed E-state index contributed by atoms with van der Waals surface area (Å²) in [6, 6.07) is 15.3. The molecule has 3 amide bonds. The van der Waals surface area contributed by atoms with Crippen LogP contribution in [0.15, 0.2) is 59.8 Å². The number of anilines is 1. The minimum atomic E-state index is -0.704. The monoisotopic (exact) mass is 505 g/mol. The summed E-state index contributed by atoms with van der Waals surface area (Å²) < 4.78 is 10.9. The van der Waals surface area contributed by atoms with Crippen molar-refractivity contribution in [2.24, 2.45) is 0 Å². The zero-order chi connectivity index (χ0) is 26.4. The fourth-order valence-electron chi connectivity index (χ4n) is 4.55. The van der Waals surface area contributed by atoms with E-state index in [2.05, 4.69) is 10.6 Å². The van der Waals surface area contributed by atoms with Crippen molar-refractivity contribution in [3.63, 3.8) is 0 Å². The Kier molecular flexibility index (Phi) is 8.16. The van der Waals surface area contributed by atoms with Crippen LogP contribution in [0.3, 0.4) is 0 Å². The Morgan fingerprint density at radius 3 is 2.32 bits per heavy atom. The molecule has 1 fully saturated rings. The maximum atomic E-state index is 13.4. The van der Waals surface area contributed by atoms with E-state index >= 15 is 0 Å². The van der Waals surface area contributed by atoms with Crippen LogP contribution in [0, 0.1) is 0 Å². The van der Waals surface area contributed by atoms with E-state index in [-0.39, 0.29) is 18.4 Å². The molecule has 2 aromatic carbocycles. The molecule has 1 aliphatic carbocycles. The Bertz CT molecular complexity index is 1170. The summed E-state index contributed by atoms with van der Waals surface area (Å²) in [4.78, 5) is 40.2. The molecule has 1 saturated heterocycles. The van der Waals surface area contributed by atoms with Crippen LogP contribution in [-0.2, 0) is 33.7 Å². The van der Waals surface area contributed by atoms with E-state index in [1.807, 2.05) is 69.3 Å². The third-order valence-electron chi connectivity index (χ3n) is 6.40. The zero-order valence-corrected chi connectivity index (χ0v) is 21.8. The number of rotatable bonds is 5. The van der Waals surface area contributed by atoms with Gasteiger partial charge in [-0.05, 0) is 87.3 Å². The van der Waals surface area contributed by atoms with Crippen LogP contribution in [0.1, 0.15) is 56.7 Å². The highest BCUT2D eigenvalue weighted by atomic mass is 16.6. The van der Waals surface area contributed by atoms with E-state index in [1.165, 1.54) is 11.1 Å². The van der Waals surface area contributed by atoms with Crippen LogP contribution in [-0.4, -0.2) is 41.7 Å². The quantitative estimate of drug-likeness (QED) is 0.536. The van der Waals surface area contributed by atoms with Gasteiger partial charge in [0.1, 0.15) is 17.9 Å². The lowest BCUT2D eigenvalue weighted by molar-refractivity contribution is -0.113. The smallest absolute Gasteiger partial charge is 0.412 e. The van der Waals surface area contributed by atoms with E-state index in [0.29, 0.717) is 31.6 Å². The number of carbonyl (C=O) groups is 3. The first-order valence-corrected chi connectivity index (χ1v) is 12.8. The third-order valence-corrected chi connectivity index (χ3v) is 6.40. The molecular weight excluding hydrogens is 470 g/mol. The molecule has 2 aromatic rings. The molecule has 8 heteroatoms. The molecule has 0 bridgehead atoms. The molecule has 0 saturated carbocycles. The molecule has 0 aromatic heterocycles. The first-order valence-electron chi connectivity index (χ1n) is 12.8. The Hall–Kier alpha value is -3.81. The Morgan fingerprint density at radius 1 is 0.919 bits per heavy atom. The fraction of sp³-hybridized carbons (Fsp3) is 0.414. The van der Waals surface area contributed by atoms with Gasteiger partial charge in [0, 0.05) is 18.8 Å². The largest absolute Gasteiger partial charge is 0.444 e. The van der Waals surface area contributed by atoms with Crippen molar-refractivity contribution in [1.29, 1.82) is 0 Å². The lowest BCUT2D eigenvalue weighted by Gasteiger charge is -2.31. The van der Waals surface area contributed by atoms with Crippen molar-refractivity contribution in [3.8, 4) is 0 Å². The third kappa shape index (κ3) is 7.35. The average Bonchev–Trinajstić information content (AvgIpc) is 3.34. The van der Waals surface area contributed by atoms with Gasteiger partial charge in [0.15, 0.2) is 0 Å². The van der Waals surface area contributed by atoms with Gasteiger partial charge in [0.25, 0.3) is 5.91 Å². The molecule has 0 spiro atoms. The number of amides is 3. The Labute approximate surface area is 218 Å². The zero-order valence-electron chi connectivity index (χ0n) is 21.8. The summed E-state index contributed by atoms with van der Waals surface area (Å²) in [7, 11) is 0. The number of nitrogens with one attached hydrogen (secondary N) is 2. The molecule has 0 radical (unpaired) electrons. The molecule has 0 unspecified atom stereocenters. The number of ether oxygens (including phenoxy) is 2. The second-order valence-corrected chi connectivity index (χ2v) is 10.4. The lowest BCUT2D eigenvalue weighted by Crippen LogP contribution is -2.41. The molecule has 1 heterocycles. The second-order valence-electron chi connectivity index (χ2n) is 10.4. The van der Waals surface area contributed by atoms with Crippen molar-refractivity contribution >= 4 is 23.8 Å². The van der Waals surface area contributed by atoms with E-state index in [4.69, 9.17) is 9.47 Å². The van der Waals surface area contributed by atoms with E-state index in [0.717, 1.165) is 30.4 Å². The first-order chi connectivity index (χ1) is 17.7. The molecule has 1 aliphatic heterocycles. The van der Waals surface area contributed by atoms with Crippen LogP contribution in [0.2, 0.25) is 0 Å². The molecule has 37 heavy (non-hydrogen) atoms. The van der Waals surface area contributed by atoms with Crippen LogP contribution in [0.5, 0.6) is 0 Å². The van der Waals surface area contributed by atoms with Crippen molar-refractivity contribution in [1.82, 2.24) is 10.2 Å². The van der Waals surface area contributed by atoms with Gasteiger partial charge in [-0.25, -0.2) is 9.59 Å². The average molecular weight is 506 g/mol. The van der Waals surface area contributed by atoms with Gasteiger partial charge in [-0.15, -0.1) is 0 Å². The van der Waals surface area contributed by atoms with E-state index in [1.54, 1.807) is 4.90 Å². The van der Waals surface area contributed by atoms with Gasteiger partial charge >= 0.3 is 12.2 Å². The summed E-state index contributed by atoms with van der Waals surface area (Å²) in [5.41, 5.74) is 4.44. The summed E-state index contributed by atoms with van der Waals surface area (Å²) >= 11 is 0. The second kappa shape index (κ2) is 11.5. The maximum Gasteiger partial charge on any atom is 0.412 e. The number of likely N-dealkylation sites (tertiary alicyclic amines) is 1. The van der Waals surface area contributed by atoms with Crippen molar-refractivity contribution in [2.45, 2.75) is 65.1 Å². The highest BCUT2D eigenvalue weighted by Gasteiger charge is 2.28. The van der Waals surface area contributed by atoms with Crippen LogP contribution in [0.25, 0.3) is 0 Å². The van der Waals surface area contributed by atoms with E-state index in [9.17, 15) is 14.4 Å². The fourth-order valence-corrected chi connectivity index (χ4v) is 4.55. The summed E-state index contributed by atoms with van der Waals surface area (Å²) in [5, 5.41) is 5.62. The number of benzene rings is 2. The first kappa shape index (κ1) is 26.3. The predicted octanol–water partition coefficient (Wildman–Crippen LogP) is 5.33. The number of nitrogens with zero attached hydrogens (tertiary/aromatic N) is 1. The predicted molar refractivity (Wildman–Crippen MR) is 141 cm³/mol. The number of hydrogen-bond donors (Lipinski definition) is 2. The van der Waals surface area contributed by atoms with Gasteiger partial charge in [0.05, 0.1) is 0 Å². The Morgan fingerprint density at radius 2 is 1.62 bits per heavy atom. The molecule has 196 valence electrons. The molecule has 2 aliphatic rings. The normalized spacial score (nSPS) is 15.0. The number of aryl methyl sites for hydroxylation is 2. The van der Waals surface area contributed by atoms with E-state index < -0.39 is 17.6 Å². The standard InChI is InChI=1S/C29H35N3O5/c1-29(2,3)37-28(35)32-16-14-22(15-17-32)25(31-27(34)36-19-20-8-5-4-6-9-20)26(33)30-24-13-12-21-10-7-11-23(21)18-24/h4-6,8-9,12-13,18H,7,10-11,14-17,19H2,1-3H3,(H,30,33)(H,31,34). The lowest BCUT2D eigenvalue weighted by atomic mass is 10.0. The number of piperidine rings is 1. The van der Waals surface area contributed by atoms with Crippen LogP contribution >= 0.6 is 0 Å². The minimum Gasteiger partial charge on any atom is -0.444 e. The van der Waals surface area contributed by atoms with Crippen LogP contribution in [0.4, 0.5) is 15.3 Å². The van der Waals surface area contributed by atoms with Gasteiger partial charge in [-0.1, -0.05) is 36.4 Å². The number of fused-ring (bicyclic) bond motifs is 1. The van der Waals surface area contributed by atoms with Crippen molar-refractivity contribution < 1.29 is 23.9 Å². The summed E-state index contributed by atoms with van der Waals surface area (Å²) in [6.07, 6.45) is 2.96. The molecular formula is C29H35N3O5. The maximum absolute atomic E-state index is 13.4. The number of carbonyl (C=O) groups excluding carboxylic acids is 3. The van der Waals surface area contributed by atoms with Crippen LogP contribution < -0.4 is 10.6 Å².